The molecule has 3 rings (SSSR count). The molecule has 1 N–H and O–H groups in total. The SMILES string of the molecule is CN(C)CCc1c[nH]c2cccc(OC(=O)OCCc3ccccn3)c12. The molecule has 26 heavy (non-hydrogen) atoms. The van der Waals surface area contributed by atoms with Gasteiger partial charge in [0.15, 0.2) is 0 Å². The fraction of sp³-hybridized carbons (Fsp3) is 0.300. The van der Waals surface area contributed by atoms with Crippen molar-refractivity contribution < 1.29 is 14.3 Å². The summed E-state index contributed by atoms with van der Waals surface area (Å²) in [6.07, 6.45) is 4.40. The largest absolute Gasteiger partial charge is 0.513 e. The molecule has 0 bridgehead atoms. The third kappa shape index (κ3) is 4.61. The molecule has 0 radical (unpaired) electrons. The number of rotatable bonds is 7. The van der Waals surface area contributed by atoms with Gasteiger partial charge < -0.3 is 19.4 Å². The van der Waals surface area contributed by atoms with E-state index in [4.69, 9.17) is 9.47 Å². The van der Waals surface area contributed by atoms with Gasteiger partial charge in [-0.25, -0.2) is 4.79 Å². The Morgan fingerprint density at radius 2 is 2.04 bits per heavy atom. The van der Waals surface area contributed by atoms with Crippen LogP contribution in [0.5, 0.6) is 5.75 Å². The highest BCUT2D eigenvalue weighted by Crippen LogP contribution is 2.29. The minimum atomic E-state index is -0.701. The molecule has 2 aromatic heterocycles. The van der Waals surface area contributed by atoms with Crippen molar-refractivity contribution in [3.05, 3.63) is 60.0 Å². The van der Waals surface area contributed by atoms with Gasteiger partial charge in [-0.2, -0.15) is 0 Å². The Kier molecular flexibility index (Phi) is 5.86. The number of fused-ring (bicyclic) bond motifs is 1. The van der Waals surface area contributed by atoms with E-state index in [0.29, 0.717) is 12.2 Å². The van der Waals surface area contributed by atoms with Crippen molar-refractivity contribution in [1.29, 1.82) is 0 Å². The third-order valence-electron chi connectivity index (χ3n) is 4.08. The lowest BCUT2D eigenvalue weighted by Crippen LogP contribution is -2.15. The number of benzene rings is 1. The highest BCUT2D eigenvalue weighted by Gasteiger charge is 2.14. The average Bonchev–Trinajstić information content (AvgIpc) is 3.05. The van der Waals surface area contributed by atoms with Gasteiger partial charge >= 0.3 is 6.16 Å². The van der Waals surface area contributed by atoms with Crippen molar-refractivity contribution in [2.45, 2.75) is 12.8 Å². The minimum Gasteiger partial charge on any atom is -0.434 e. The molecule has 0 atom stereocenters. The fourth-order valence-electron chi connectivity index (χ4n) is 2.75. The highest BCUT2D eigenvalue weighted by atomic mass is 16.7. The Morgan fingerprint density at radius 1 is 1.15 bits per heavy atom. The van der Waals surface area contributed by atoms with Crippen LogP contribution in [-0.2, 0) is 17.6 Å². The second-order valence-corrected chi connectivity index (χ2v) is 6.32. The number of hydrogen-bond donors (Lipinski definition) is 1. The highest BCUT2D eigenvalue weighted by molar-refractivity contribution is 5.90. The maximum atomic E-state index is 12.1. The Morgan fingerprint density at radius 3 is 2.81 bits per heavy atom. The summed E-state index contributed by atoms with van der Waals surface area (Å²) in [5.74, 6) is 0.514. The molecule has 6 heteroatoms. The molecule has 0 amide bonds. The molecule has 0 spiro atoms. The summed E-state index contributed by atoms with van der Waals surface area (Å²) in [5.41, 5.74) is 2.93. The van der Waals surface area contributed by atoms with Crippen LogP contribution in [0, 0.1) is 0 Å². The van der Waals surface area contributed by atoms with E-state index in [1.54, 1.807) is 12.3 Å². The van der Waals surface area contributed by atoms with Gasteiger partial charge in [-0.05, 0) is 50.3 Å². The zero-order valence-corrected chi connectivity index (χ0v) is 15.1. The molecule has 0 saturated carbocycles. The number of ether oxygens (including phenoxy) is 2. The number of pyridine rings is 1. The zero-order chi connectivity index (χ0) is 18.4. The van der Waals surface area contributed by atoms with Crippen molar-refractivity contribution in [3.63, 3.8) is 0 Å². The summed E-state index contributed by atoms with van der Waals surface area (Å²) >= 11 is 0. The Hall–Kier alpha value is -2.86. The van der Waals surface area contributed by atoms with E-state index in [1.165, 1.54) is 0 Å². The fourth-order valence-corrected chi connectivity index (χ4v) is 2.75. The molecule has 0 aliphatic heterocycles. The molecule has 3 aromatic rings. The molecule has 136 valence electrons. The summed E-state index contributed by atoms with van der Waals surface area (Å²) in [6, 6.07) is 11.3. The predicted octanol–water partition coefficient (Wildman–Crippen LogP) is 3.43. The van der Waals surface area contributed by atoms with Crippen LogP contribution in [0.4, 0.5) is 4.79 Å². The van der Waals surface area contributed by atoms with Crippen molar-refractivity contribution in [2.75, 3.05) is 27.2 Å². The topological polar surface area (TPSA) is 67.5 Å². The van der Waals surface area contributed by atoms with Gasteiger partial charge in [0, 0.05) is 42.0 Å². The first-order valence-electron chi connectivity index (χ1n) is 8.61. The first-order valence-corrected chi connectivity index (χ1v) is 8.61. The third-order valence-corrected chi connectivity index (χ3v) is 4.08. The quantitative estimate of drug-likeness (QED) is 0.521. The summed E-state index contributed by atoms with van der Waals surface area (Å²) < 4.78 is 10.7. The number of H-pyrrole nitrogens is 1. The summed E-state index contributed by atoms with van der Waals surface area (Å²) in [5, 5.41) is 0.927. The summed E-state index contributed by atoms with van der Waals surface area (Å²) in [4.78, 5) is 21.6. The van der Waals surface area contributed by atoms with Gasteiger partial charge in [0.05, 0.1) is 0 Å². The number of likely N-dealkylation sites (N-methyl/N-ethyl adjacent to an activating group) is 1. The Bertz CT molecular complexity index is 859. The van der Waals surface area contributed by atoms with Crippen LogP contribution in [-0.4, -0.2) is 48.3 Å². The number of hydrogen-bond acceptors (Lipinski definition) is 5. The first kappa shape index (κ1) is 17.9. The molecule has 2 heterocycles. The standard InChI is InChI=1S/C20H23N3O3/c1-23(2)12-9-15-14-22-17-7-5-8-18(19(15)17)26-20(24)25-13-10-16-6-3-4-11-21-16/h3-8,11,14,22H,9-10,12-13H2,1-2H3. The minimum absolute atomic E-state index is 0.229. The van der Waals surface area contributed by atoms with Crippen molar-refractivity contribution in [3.8, 4) is 5.75 Å². The van der Waals surface area contributed by atoms with E-state index < -0.39 is 6.16 Å². The Labute approximate surface area is 152 Å². The second kappa shape index (κ2) is 8.49. The van der Waals surface area contributed by atoms with Crippen LogP contribution in [0.1, 0.15) is 11.3 Å². The van der Waals surface area contributed by atoms with E-state index in [2.05, 4.69) is 14.9 Å². The number of nitrogens with zero attached hydrogens (tertiary/aromatic N) is 2. The summed E-state index contributed by atoms with van der Waals surface area (Å²) in [7, 11) is 4.07. The van der Waals surface area contributed by atoms with Crippen molar-refractivity contribution in [2.24, 2.45) is 0 Å². The lowest BCUT2D eigenvalue weighted by molar-refractivity contribution is 0.100. The van der Waals surface area contributed by atoms with Crippen LogP contribution < -0.4 is 4.74 Å². The molecule has 0 unspecified atom stereocenters. The van der Waals surface area contributed by atoms with Crippen LogP contribution >= 0.6 is 0 Å². The lowest BCUT2D eigenvalue weighted by atomic mass is 10.1. The van der Waals surface area contributed by atoms with Crippen LogP contribution in [0.3, 0.4) is 0 Å². The maximum absolute atomic E-state index is 12.1. The predicted molar refractivity (Wildman–Crippen MR) is 100 cm³/mol. The van der Waals surface area contributed by atoms with E-state index in [9.17, 15) is 4.79 Å². The van der Waals surface area contributed by atoms with Gasteiger partial charge in [0.25, 0.3) is 0 Å². The Balaban J connectivity index is 1.64. The average molecular weight is 353 g/mol. The van der Waals surface area contributed by atoms with Gasteiger partial charge in [-0.1, -0.05) is 12.1 Å². The van der Waals surface area contributed by atoms with Crippen molar-refractivity contribution in [1.82, 2.24) is 14.9 Å². The van der Waals surface area contributed by atoms with Gasteiger partial charge in [-0.15, -0.1) is 0 Å². The van der Waals surface area contributed by atoms with Crippen LogP contribution in [0.25, 0.3) is 10.9 Å². The van der Waals surface area contributed by atoms with Crippen molar-refractivity contribution >= 4 is 17.1 Å². The molecule has 0 fully saturated rings. The van der Waals surface area contributed by atoms with Gasteiger partial charge in [0.2, 0.25) is 0 Å². The normalized spacial score (nSPS) is 11.0. The number of aromatic nitrogens is 2. The number of carbonyl (C=O) groups is 1. The molecular formula is C20H23N3O3. The molecular weight excluding hydrogens is 330 g/mol. The lowest BCUT2D eigenvalue weighted by Gasteiger charge is -2.10. The number of carbonyl (C=O) groups excluding carboxylic acids is 1. The monoisotopic (exact) mass is 353 g/mol. The van der Waals surface area contributed by atoms with Crippen LogP contribution in [0.2, 0.25) is 0 Å². The van der Waals surface area contributed by atoms with E-state index in [1.807, 2.05) is 50.6 Å². The number of aromatic amines is 1. The first-order chi connectivity index (χ1) is 12.6. The summed E-state index contributed by atoms with van der Waals surface area (Å²) in [6.45, 7) is 1.14. The maximum Gasteiger partial charge on any atom is 0.513 e. The van der Waals surface area contributed by atoms with E-state index in [-0.39, 0.29) is 6.61 Å². The molecule has 0 aliphatic rings. The second-order valence-electron chi connectivity index (χ2n) is 6.32. The van der Waals surface area contributed by atoms with E-state index in [0.717, 1.165) is 35.1 Å². The van der Waals surface area contributed by atoms with Gasteiger partial charge in [0.1, 0.15) is 12.4 Å². The molecule has 1 aromatic carbocycles. The smallest absolute Gasteiger partial charge is 0.434 e. The zero-order valence-electron chi connectivity index (χ0n) is 15.1. The molecule has 0 saturated heterocycles. The van der Waals surface area contributed by atoms with Crippen LogP contribution in [0.15, 0.2) is 48.8 Å². The molecule has 0 aliphatic carbocycles. The van der Waals surface area contributed by atoms with Gasteiger partial charge in [-0.3, -0.25) is 4.98 Å². The molecule has 6 nitrogen and oxygen atoms in total. The number of nitrogens with one attached hydrogen (secondary N) is 1. The van der Waals surface area contributed by atoms with E-state index >= 15 is 0 Å².